The summed E-state index contributed by atoms with van der Waals surface area (Å²) in [5, 5.41) is 3.40. The summed E-state index contributed by atoms with van der Waals surface area (Å²) in [6, 6.07) is 6.56. The molecule has 1 aliphatic carbocycles. The van der Waals surface area contributed by atoms with Crippen molar-refractivity contribution in [3.05, 3.63) is 29.8 Å². The van der Waals surface area contributed by atoms with E-state index in [0.29, 0.717) is 12.6 Å². The zero-order valence-electron chi connectivity index (χ0n) is 9.96. The first-order valence-electron chi connectivity index (χ1n) is 6.11. The van der Waals surface area contributed by atoms with E-state index in [2.05, 4.69) is 10.1 Å². The number of hydrogen-bond acceptors (Lipinski definition) is 2. The fraction of sp³-hybridized carbons (Fsp3) is 0.538. The predicted octanol–water partition coefficient (Wildman–Crippen LogP) is 3.62. The Kier molecular flexibility index (Phi) is 4.11. The van der Waals surface area contributed by atoms with Crippen LogP contribution in [-0.4, -0.2) is 12.4 Å². The maximum absolute atomic E-state index is 12.0. The van der Waals surface area contributed by atoms with Gasteiger partial charge in [0.15, 0.2) is 0 Å². The van der Waals surface area contributed by atoms with E-state index in [0.717, 1.165) is 5.56 Å². The van der Waals surface area contributed by atoms with Crippen LogP contribution in [-0.2, 0) is 6.54 Å². The second-order valence-electron chi connectivity index (χ2n) is 4.55. The van der Waals surface area contributed by atoms with Crippen molar-refractivity contribution in [3.63, 3.8) is 0 Å². The molecule has 5 heteroatoms. The third-order valence-electron chi connectivity index (χ3n) is 3.11. The Morgan fingerprint density at radius 3 is 2.28 bits per heavy atom. The quantitative estimate of drug-likeness (QED) is 0.891. The summed E-state index contributed by atoms with van der Waals surface area (Å²) in [5.41, 5.74) is 0.969. The van der Waals surface area contributed by atoms with Crippen molar-refractivity contribution in [2.24, 2.45) is 0 Å². The van der Waals surface area contributed by atoms with Crippen molar-refractivity contribution in [1.82, 2.24) is 5.32 Å². The molecular formula is C13H16F3NO. The lowest BCUT2D eigenvalue weighted by molar-refractivity contribution is -0.274. The molecule has 0 radical (unpaired) electrons. The Hall–Kier alpha value is -1.23. The molecule has 0 amide bonds. The van der Waals surface area contributed by atoms with Gasteiger partial charge in [-0.15, -0.1) is 13.2 Å². The average molecular weight is 259 g/mol. The molecule has 2 rings (SSSR count). The molecule has 0 aliphatic heterocycles. The molecule has 1 aromatic carbocycles. The number of hydrogen-bond donors (Lipinski definition) is 1. The molecule has 0 spiro atoms. The number of alkyl halides is 3. The van der Waals surface area contributed by atoms with Gasteiger partial charge in [0, 0.05) is 12.6 Å². The van der Waals surface area contributed by atoms with Gasteiger partial charge in [0.25, 0.3) is 0 Å². The lowest BCUT2D eigenvalue weighted by Crippen LogP contribution is -2.25. The lowest BCUT2D eigenvalue weighted by Gasteiger charge is -2.12. The highest BCUT2D eigenvalue weighted by Crippen LogP contribution is 2.23. The van der Waals surface area contributed by atoms with Crippen molar-refractivity contribution < 1.29 is 17.9 Å². The van der Waals surface area contributed by atoms with E-state index in [1.807, 2.05) is 0 Å². The Morgan fingerprint density at radius 2 is 1.72 bits per heavy atom. The molecule has 0 saturated heterocycles. The molecule has 0 unspecified atom stereocenters. The number of ether oxygens (including phenoxy) is 1. The van der Waals surface area contributed by atoms with Crippen molar-refractivity contribution in [2.75, 3.05) is 0 Å². The monoisotopic (exact) mass is 259 g/mol. The predicted molar refractivity (Wildman–Crippen MR) is 62.2 cm³/mol. The summed E-state index contributed by atoms with van der Waals surface area (Å²) in [6.07, 6.45) is 0.278. The Morgan fingerprint density at radius 1 is 1.11 bits per heavy atom. The first-order chi connectivity index (χ1) is 8.53. The molecule has 100 valence electrons. The van der Waals surface area contributed by atoms with Crippen molar-refractivity contribution in [2.45, 2.75) is 44.6 Å². The third kappa shape index (κ3) is 4.22. The topological polar surface area (TPSA) is 21.3 Å². The van der Waals surface area contributed by atoms with Crippen LogP contribution in [0.15, 0.2) is 24.3 Å². The summed E-state index contributed by atoms with van der Waals surface area (Å²) in [4.78, 5) is 0. The van der Waals surface area contributed by atoms with Gasteiger partial charge in [0.2, 0.25) is 0 Å². The van der Waals surface area contributed by atoms with Crippen LogP contribution < -0.4 is 10.1 Å². The van der Waals surface area contributed by atoms with Crippen LogP contribution in [0.3, 0.4) is 0 Å². The van der Waals surface area contributed by atoms with Crippen molar-refractivity contribution >= 4 is 0 Å². The van der Waals surface area contributed by atoms with E-state index in [-0.39, 0.29) is 5.75 Å². The lowest BCUT2D eigenvalue weighted by atomic mass is 10.2. The molecule has 0 atom stereocenters. The fourth-order valence-corrected chi connectivity index (χ4v) is 2.20. The smallest absolute Gasteiger partial charge is 0.406 e. The second kappa shape index (κ2) is 5.61. The molecule has 1 aliphatic rings. The van der Waals surface area contributed by atoms with Crippen LogP contribution in [0.4, 0.5) is 13.2 Å². The average Bonchev–Trinajstić information content (AvgIpc) is 2.79. The molecule has 1 fully saturated rings. The van der Waals surface area contributed by atoms with E-state index in [9.17, 15) is 13.2 Å². The minimum atomic E-state index is -4.62. The first kappa shape index (κ1) is 13.2. The van der Waals surface area contributed by atoms with Crippen LogP contribution in [0, 0.1) is 0 Å². The zero-order chi connectivity index (χ0) is 13.0. The number of halogens is 3. The van der Waals surface area contributed by atoms with Gasteiger partial charge in [-0.2, -0.15) is 0 Å². The van der Waals surface area contributed by atoms with Gasteiger partial charge in [0.05, 0.1) is 0 Å². The number of benzene rings is 1. The SMILES string of the molecule is FC(F)(F)Oc1ccc(CNC2CCCC2)cc1. The van der Waals surface area contributed by atoms with Crippen LogP contribution in [0.2, 0.25) is 0 Å². The van der Waals surface area contributed by atoms with Crippen molar-refractivity contribution in [3.8, 4) is 5.75 Å². The number of nitrogens with one attached hydrogen (secondary N) is 1. The van der Waals surface area contributed by atoms with Gasteiger partial charge >= 0.3 is 6.36 Å². The van der Waals surface area contributed by atoms with Crippen LogP contribution >= 0.6 is 0 Å². The molecule has 0 heterocycles. The zero-order valence-corrected chi connectivity index (χ0v) is 9.96. The highest BCUT2D eigenvalue weighted by molar-refractivity contribution is 5.27. The van der Waals surface area contributed by atoms with Gasteiger partial charge < -0.3 is 10.1 Å². The highest BCUT2D eigenvalue weighted by Gasteiger charge is 2.30. The fourth-order valence-electron chi connectivity index (χ4n) is 2.20. The minimum Gasteiger partial charge on any atom is -0.406 e. The van der Waals surface area contributed by atoms with E-state index < -0.39 is 6.36 Å². The van der Waals surface area contributed by atoms with E-state index in [1.54, 1.807) is 12.1 Å². The Bertz CT molecular complexity index is 369. The van der Waals surface area contributed by atoms with Gasteiger partial charge in [-0.1, -0.05) is 25.0 Å². The van der Waals surface area contributed by atoms with Gasteiger partial charge in [-0.05, 0) is 30.5 Å². The van der Waals surface area contributed by atoms with Gasteiger partial charge in [-0.3, -0.25) is 0 Å². The molecule has 0 bridgehead atoms. The molecule has 1 saturated carbocycles. The Balaban J connectivity index is 1.83. The largest absolute Gasteiger partial charge is 0.573 e. The Labute approximate surface area is 104 Å². The molecule has 1 N–H and O–H groups in total. The van der Waals surface area contributed by atoms with Crippen molar-refractivity contribution in [1.29, 1.82) is 0 Å². The molecule has 2 nitrogen and oxygen atoms in total. The highest BCUT2D eigenvalue weighted by atomic mass is 19.4. The molecule has 0 aromatic heterocycles. The van der Waals surface area contributed by atoms with Crippen LogP contribution in [0.5, 0.6) is 5.75 Å². The normalized spacial score (nSPS) is 17.1. The standard InChI is InChI=1S/C13H16F3NO/c14-13(15,16)18-12-7-5-10(6-8-12)9-17-11-3-1-2-4-11/h5-8,11,17H,1-4,9H2. The van der Waals surface area contributed by atoms with Crippen LogP contribution in [0.25, 0.3) is 0 Å². The van der Waals surface area contributed by atoms with Gasteiger partial charge in [0.1, 0.15) is 5.75 Å². The molecular weight excluding hydrogens is 243 g/mol. The van der Waals surface area contributed by atoms with Gasteiger partial charge in [-0.25, -0.2) is 0 Å². The first-order valence-corrected chi connectivity index (χ1v) is 6.11. The van der Waals surface area contributed by atoms with Crippen LogP contribution in [0.1, 0.15) is 31.2 Å². The van der Waals surface area contributed by atoms with E-state index >= 15 is 0 Å². The maximum atomic E-state index is 12.0. The molecule has 18 heavy (non-hydrogen) atoms. The summed E-state index contributed by atoms with van der Waals surface area (Å²) in [6.45, 7) is 0.691. The summed E-state index contributed by atoms with van der Waals surface area (Å²) in [7, 11) is 0. The summed E-state index contributed by atoms with van der Waals surface area (Å²) < 4.78 is 39.7. The second-order valence-corrected chi connectivity index (χ2v) is 4.55. The summed E-state index contributed by atoms with van der Waals surface area (Å²) in [5.74, 6) is -0.174. The molecule has 1 aromatic rings. The number of rotatable bonds is 4. The van der Waals surface area contributed by atoms with E-state index in [4.69, 9.17) is 0 Å². The summed E-state index contributed by atoms with van der Waals surface area (Å²) >= 11 is 0. The minimum absolute atomic E-state index is 0.174. The van der Waals surface area contributed by atoms with E-state index in [1.165, 1.54) is 37.8 Å². The maximum Gasteiger partial charge on any atom is 0.573 e. The third-order valence-corrected chi connectivity index (χ3v) is 3.11.